The minimum atomic E-state index is -0.735. The molecule has 0 unspecified atom stereocenters. The molecule has 1 saturated heterocycles. The number of aromatic amines is 1. The van der Waals surface area contributed by atoms with Gasteiger partial charge in [0, 0.05) is 37.8 Å². The van der Waals surface area contributed by atoms with Gasteiger partial charge in [0.2, 0.25) is 18.1 Å². The second-order valence-corrected chi connectivity index (χ2v) is 10.2. The number of halogens is 1. The molecule has 0 radical (unpaired) electrons. The van der Waals surface area contributed by atoms with E-state index in [-0.39, 0.29) is 11.7 Å². The van der Waals surface area contributed by atoms with Crippen LogP contribution in [0.3, 0.4) is 0 Å². The molecule has 0 atom stereocenters. The van der Waals surface area contributed by atoms with Gasteiger partial charge in [0.25, 0.3) is 0 Å². The second kappa shape index (κ2) is 11.3. The number of carbonyl (C=O) groups is 1. The minimum absolute atomic E-state index is 0.0499. The zero-order valence-corrected chi connectivity index (χ0v) is 22.1. The quantitative estimate of drug-likeness (QED) is 0.353. The molecule has 3 heterocycles. The molecule has 9 nitrogen and oxygen atoms in total. The van der Waals surface area contributed by atoms with Gasteiger partial charge in [-0.3, -0.25) is 4.79 Å². The Labute approximate surface area is 226 Å². The normalized spacial score (nSPS) is 19.0. The Balaban J connectivity index is 1.31. The first-order valence-corrected chi connectivity index (χ1v) is 12.7. The van der Waals surface area contributed by atoms with Gasteiger partial charge in [-0.25, -0.2) is 19.3 Å². The van der Waals surface area contributed by atoms with Gasteiger partial charge in [-0.15, -0.1) is 0 Å². The number of nitrogens with zero attached hydrogens (tertiary/aromatic N) is 4. The van der Waals surface area contributed by atoms with Crippen molar-refractivity contribution in [2.75, 3.05) is 38.8 Å². The number of hydrogen-bond acceptors (Lipinski definition) is 7. The van der Waals surface area contributed by atoms with Crippen LogP contribution in [0.2, 0.25) is 0 Å². The fraction of sp³-hybridized carbons (Fsp3) is 0.310. The molecule has 10 heteroatoms. The minimum Gasteiger partial charge on any atom is -0.355 e. The lowest BCUT2D eigenvalue weighted by Gasteiger charge is -2.36. The Kier molecular flexibility index (Phi) is 7.67. The first-order chi connectivity index (χ1) is 18.8. The van der Waals surface area contributed by atoms with Crippen LogP contribution in [0.25, 0.3) is 22.6 Å². The number of benzene rings is 2. The molecule has 0 bridgehead atoms. The molecule has 39 heavy (non-hydrogen) atoms. The summed E-state index contributed by atoms with van der Waals surface area (Å²) in [6.45, 7) is 3.16. The summed E-state index contributed by atoms with van der Waals surface area (Å²) in [6.07, 6.45) is 1.26. The van der Waals surface area contributed by atoms with E-state index in [4.69, 9.17) is 14.5 Å². The van der Waals surface area contributed by atoms with Crippen molar-refractivity contribution in [3.8, 4) is 22.6 Å². The summed E-state index contributed by atoms with van der Waals surface area (Å²) in [5.41, 5.74) is 3.17. The van der Waals surface area contributed by atoms with Crippen molar-refractivity contribution < 1.29 is 18.7 Å². The Morgan fingerprint density at radius 1 is 1.08 bits per heavy atom. The lowest BCUT2D eigenvalue weighted by Crippen LogP contribution is -2.45. The van der Waals surface area contributed by atoms with Crippen molar-refractivity contribution in [1.82, 2.24) is 25.3 Å². The summed E-state index contributed by atoms with van der Waals surface area (Å²) < 4.78 is 25.8. The molecule has 0 aliphatic carbocycles. The standard InChI is InChI=1S/C29H31FN6O3/c1-29(16-32-23(37)15-19-7-5-4-6-8-19)17-38-27(39-18-29)26-34-24(20-9-11-21(30)12-10-20)25(35-26)22-13-14-31-28(33-22)36(2)3/h4-14,27H,15-18H2,1-3H3,(H,32,37)(H,34,35). The number of carbonyl (C=O) groups excluding carboxylic acids is 1. The van der Waals surface area contributed by atoms with E-state index in [1.54, 1.807) is 24.4 Å². The molecule has 1 aliphatic rings. The van der Waals surface area contributed by atoms with E-state index >= 15 is 0 Å². The van der Waals surface area contributed by atoms with Crippen LogP contribution in [-0.2, 0) is 20.7 Å². The van der Waals surface area contributed by atoms with E-state index in [1.807, 2.05) is 56.3 Å². The average molecular weight is 531 g/mol. The number of ether oxygens (including phenoxy) is 2. The molecule has 2 aromatic heterocycles. The smallest absolute Gasteiger partial charge is 0.225 e. The molecular formula is C29H31FN6O3. The van der Waals surface area contributed by atoms with E-state index in [0.29, 0.717) is 55.0 Å². The van der Waals surface area contributed by atoms with Crippen molar-refractivity contribution in [1.29, 1.82) is 0 Å². The summed E-state index contributed by atoms with van der Waals surface area (Å²) >= 11 is 0. The van der Waals surface area contributed by atoms with E-state index in [9.17, 15) is 9.18 Å². The highest BCUT2D eigenvalue weighted by Crippen LogP contribution is 2.35. The Bertz CT molecular complexity index is 1420. The van der Waals surface area contributed by atoms with Gasteiger partial charge in [-0.05, 0) is 35.9 Å². The van der Waals surface area contributed by atoms with Crippen LogP contribution in [0.4, 0.5) is 10.3 Å². The number of H-pyrrole nitrogens is 1. The maximum absolute atomic E-state index is 13.6. The monoisotopic (exact) mass is 530 g/mol. The highest BCUT2D eigenvalue weighted by molar-refractivity contribution is 5.78. The maximum atomic E-state index is 13.6. The average Bonchev–Trinajstić information content (AvgIpc) is 3.39. The molecule has 0 saturated carbocycles. The number of nitrogens with one attached hydrogen (secondary N) is 2. The Morgan fingerprint density at radius 3 is 2.49 bits per heavy atom. The molecule has 1 aliphatic heterocycles. The zero-order valence-electron chi connectivity index (χ0n) is 22.1. The summed E-state index contributed by atoms with van der Waals surface area (Å²) in [4.78, 5) is 31.3. The number of aromatic nitrogens is 4. The van der Waals surface area contributed by atoms with E-state index in [2.05, 4.69) is 20.3 Å². The SMILES string of the molecule is CN(C)c1nccc(-c2[nH]c(C3OCC(C)(CNC(=O)Cc4ccccc4)CO3)nc2-c2ccc(F)cc2)n1. The van der Waals surface area contributed by atoms with E-state index < -0.39 is 11.7 Å². The Morgan fingerprint density at radius 2 is 1.79 bits per heavy atom. The third-order valence-electron chi connectivity index (χ3n) is 6.45. The van der Waals surface area contributed by atoms with Crippen LogP contribution in [0, 0.1) is 11.2 Å². The van der Waals surface area contributed by atoms with Crippen LogP contribution in [0.1, 0.15) is 24.6 Å². The van der Waals surface area contributed by atoms with Crippen LogP contribution < -0.4 is 10.2 Å². The molecule has 2 aromatic carbocycles. The summed E-state index contributed by atoms with van der Waals surface area (Å²) in [5, 5.41) is 3.00. The van der Waals surface area contributed by atoms with Crippen LogP contribution in [0.5, 0.6) is 0 Å². The fourth-order valence-electron chi connectivity index (χ4n) is 4.27. The van der Waals surface area contributed by atoms with Gasteiger partial charge in [-0.1, -0.05) is 37.3 Å². The highest BCUT2D eigenvalue weighted by Gasteiger charge is 2.35. The summed E-state index contributed by atoms with van der Waals surface area (Å²) in [5.74, 6) is 0.640. The van der Waals surface area contributed by atoms with Gasteiger partial charge in [0.15, 0.2) is 5.82 Å². The second-order valence-electron chi connectivity index (χ2n) is 10.2. The van der Waals surface area contributed by atoms with Gasteiger partial charge >= 0.3 is 0 Å². The number of imidazole rings is 1. The van der Waals surface area contributed by atoms with Crippen molar-refractivity contribution in [2.45, 2.75) is 19.6 Å². The molecule has 202 valence electrons. The highest BCUT2D eigenvalue weighted by atomic mass is 19.1. The molecule has 1 fully saturated rings. The zero-order chi connectivity index (χ0) is 27.4. The van der Waals surface area contributed by atoms with Crippen molar-refractivity contribution >= 4 is 11.9 Å². The van der Waals surface area contributed by atoms with Gasteiger partial charge < -0.3 is 24.7 Å². The molecule has 5 rings (SSSR count). The van der Waals surface area contributed by atoms with Crippen molar-refractivity contribution in [3.63, 3.8) is 0 Å². The molecule has 4 aromatic rings. The number of rotatable bonds is 8. The third-order valence-corrected chi connectivity index (χ3v) is 6.45. The lowest BCUT2D eigenvalue weighted by molar-refractivity contribution is -0.232. The molecular weight excluding hydrogens is 499 g/mol. The summed E-state index contributed by atoms with van der Waals surface area (Å²) in [7, 11) is 3.73. The van der Waals surface area contributed by atoms with E-state index in [1.165, 1.54) is 12.1 Å². The van der Waals surface area contributed by atoms with Crippen LogP contribution >= 0.6 is 0 Å². The molecule has 2 N–H and O–H groups in total. The van der Waals surface area contributed by atoms with E-state index in [0.717, 1.165) is 11.1 Å². The topological polar surface area (TPSA) is 105 Å². The van der Waals surface area contributed by atoms with Gasteiger partial charge in [0.1, 0.15) is 5.82 Å². The maximum Gasteiger partial charge on any atom is 0.225 e. The Hall–Kier alpha value is -4.15. The predicted octanol–water partition coefficient (Wildman–Crippen LogP) is 4.15. The first kappa shape index (κ1) is 26.5. The summed E-state index contributed by atoms with van der Waals surface area (Å²) in [6, 6.07) is 17.5. The number of amides is 1. The van der Waals surface area contributed by atoms with Crippen LogP contribution in [-0.4, -0.2) is 59.7 Å². The third kappa shape index (κ3) is 6.30. The van der Waals surface area contributed by atoms with Crippen molar-refractivity contribution in [2.24, 2.45) is 5.41 Å². The van der Waals surface area contributed by atoms with Crippen LogP contribution in [0.15, 0.2) is 66.9 Å². The first-order valence-electron chi connectivity index (χ1n) is 12.7. The number of hydrogen-bond donors (Lipinski definition) is 2. The molecule has 1 amide bonds. The van der Waals surface area contributed by atoms with Gasteiger partial charge in [-0.2, -0.15) is 0 Å². The van der Waals surface area contributed by atoms with Gasteiger partial charge in [0.05, 0.1) is 36.7 Å². The number of anilines is 1. The largest absolute Gasteiger partial charge is 0.355 e. The molecule has 0 spiro atoms. The predicted molar refractivity (Wildman–Crippen MR) is 145 cm³/mol. The lowest BCUT2D eigenvalue weighted by atomic mass is 9.92. The van der Waals surface area contributed by atoms with Crippen molar-refractivity contribution in [3.05, 3.63) is 84.1 Å². The fourth-order valence-corrected chi connectivity index (χ4v) is 4.27.